The fourth-order valence-corrected chi connectivity index (χ4v) is 2.10. The van der Waals surface area contributed by atoms with Crippen molar-refractivity contribution in [2.45, 2.75) is 13.8 Å². The van der Waals surface area contributed by atoms with Gasteiger partial charge in [-0.1, -0.05) is 51.8 Å². The van der Waals surface area contributed by atoms with Crippen LogP contribution >= 0.6 is 15.9 Å². The van der Waals surface area contributed by atoms with Gasteiger partial charge >= 0.3 is 0 Å². The molecule has 0 amide bonds. The van der Waals surface area contributed by atoms with Gasteiger partial charge in [0.05, 0.1) is 0 Å². The van der Waals surface area contributed by atoms with Crippen LogP contribution in [0.5, 0.6) is 0 Å². The first kappa shape index (κ1) is 10.4. The Hall–Kier alpha value is -1.08. The molecule has 0 unspecified atom stereocenters. The lowest BCUT2D eigenvalue weighted by molar-refractivity contribution is 1.39. The van der Waals surface area contributed by atoms with Crippen LogP contribution in [-0.4, -0.2) is 0 Å². The maximum atomic E-state index is 3.50. The highest BCUT2D eigenvalue weighted by molar-refractivity contribution is 9.10. The maximum absolute atomic E-state index is 3.50. The predicted octanol–water partition coefficient (Wildman–Crippen LogP) is 4.73. The van der Waals surface area contributed by atoms with Gasteiger partial charge in [0.15, 0.2) is 0 Å². The van der Waals surface area contributed by atoms with Crippen LogP contribution in [0.4, 0.5) is 0 Å². The molecule has 2 rings (SSSR count). The van der Waals surface area contributed by atoms with Crippen LogP contribution in [0.1, 0.15) is 11.1 Å². The summed E-state index contributed by atoms with van der Waals surface area (Å²) < 4.78 is 1.13. The Morgan fingerprint density at radius 2 is 1.73 bits per heavy atom. The quantitative estimate of drug-likeness (QED) is 0.696. The van der Waals surface area contributed by atoms with Crippen molar-refractivity contribution in [2.24, 2.45) is 0 Å². The van der Waals surface area contributed by atoms with Gasteiger partial charge in [0, 0.05) is 4.47 Å². The first-order valence-electron chi connectivity index (χ1n) is 5.00. The normalized spacial score (nSPS) is 10.3. The Balaban J connectivity index is 2.58. The molecule has 0 fully saturated rings. The molecule has 0 spiro atoms. The van der Waals surface area contributed by atoms with Gasteiger partial charge in [0.1, 0.15) is 0 Å². The predicted molar refractivity (Wildman–Crippen MR) is 69.1 cm³/mol. The summed E-state index contributed by atoms with van der Waals surface area (Å²) in [5.41, 5.74) is 5.20. The van der Waals surface area contributed by atoms with Crippen LogP contribution in [0.15, 0.2) is 46.9 Å². The molecule has 0 N–H and O–H groups in total. The second-order valence-electron chi connectivity index (χ2n) is 3.83. The van der Waals surface area contributed by atoms with E-state index in [-0.39, 0.29) is 0 Å². The average Bonchev–Trinajstić information content (AvgIpc) is 2.22. The fraction of sp³-hybridized carbons (Fsp3) is 0.143. The topological polar surface area (TPSA) is 0 Å². The maximum Gasteiger partial charge on any atom is 0.0181 e. The third-order valence-electron chi connectivity index (χ3n) is 2.53. The first-order chi connectivity index (χ1) is 7.16. The van der Waals surface area contributed by atoms with Crippen LogP contribution in [0.2, 0.25) is 0 Å². The van der Waals surface area contributed by atoms with Crippen LogP contribution in [-0.2, 0) is 0 Å². The van der Waals surface area contributed by atoms with Gasteiger partial charge in [-0.3, -0.25) is 0 Å². The van der Waals surface area contributed by atoms with Gasteiger partial charge in [-0.05, 0) is 42.7 Å². The summed E-state index contributed by atoms with van der Waals surface area (Å²) >= 11 is 3.50. The smallest absolute Gasteiger partial charge is 0.0181 e. The molecule has 76 valence electrons. The highest BCUT2D eigenvalue weighted by Crippen LogP contribution is 2.26. The zero-order chi connectivity index (χ0) is 10.8. The first-order valence-corrected chi connectivity index (χ1v) is 5.79. The number of hydrogen-bond acceptors (Lipinski definition) is 0. The van der Waals surface area contributed by atoms with E-state index in [9.17, 15) is 0 Å². The van der Waals surface area contributed by atoms with Crippen molar-refractivity contribution in [3.8, 4) is 11.1 Å². The highest BCUT2D eigenvalue weighted by atomic mass is 79.9. The van der Waals surface area contributed by atoms with Crippen LogP contribution in [0.25, 0.3) is 11.1 Å². The molecule has 0 nitrogen and oxygen atoms in total. The Kier molecular flexibility index (Phi) is 2.92. The monoisotopic (exact) mass is 260 g/mol. The fourth-order valence-electron chi connectivity index (χ4n) is 1.70. The second-order valence-corrected chi connectivity index (χ2v) is 4.74. The Bertz CT molecular complexity index is 486. The van der Waals surface area contributed by atoms with Crippen molar-refractivity contribution in [3.05, 3.63) is 58.1 Å². The summed E-state index contributed by atoms with van der Waals surface area (Å²) in [4.78, 5) is 0. The second kappa shape index (κ2) is 4.19. The highest BCUT2D eigenvalue weighted by Gasteiger charge is 2.02. The molecule has 0 saturated heterocycles. The van der Waals surface area contributed by atoms with E-state index in [4.69, 9.17) is 0 Å². The zero-order valence-corrected chi connectivity index (χ0v) is 10.5. The van der Waals surface area contributed by atoms with Crippen molar-refractivity contribution in [2.75, 3.05) is 0 Å². The summed E-state index contributed by atoms with van der Waals surface area (Å²) in [6, 6.07) is 15.0. The van der Waals surface area contributed by atoms with Gasteiger partial charge < -0.3 is 0 Å². The molecule has 0 atom stereocenters. The Morgan fingerprint density at radius 3 is 2.47 bits per heavy atom. The van der Waals surface area contributed by atoms with Gasteiger partial charge in [0.25, 0.3) is 0 Å². The largest absolute Gasteiger partial charge is 0.0605 e. The number of hydrogen-bond donors (Lipinski definition) is 0. The molecule has 15 heavy (non-hydrogen) atoms. The van der Waals surface area contributed by atoms with Gasteiger partial charge in [-0.2, -0.15) is 0 Å². The number of aryl methyl sites for hydroxylation is 2. The van der Waals surface area contributed by atoms with E-state index in [1.165, 1.54) is 22.3 Å². The molecule has 1 heteroatoms. The number of benzene rings is 2. The lowest BCUT2D eigenvalue weighted by Gasteiger charge is -2.07. The molecule has 0 aliphatic heterocycles. The van der Waals surface area contributed by atoms with Crippen LogP contribution in [0.3, 0.4) is 0 Å². The molecule has 0 saturated carbocycles. The lowest BCUT2D eigenvalue weighted by atomic mass is 9.99. The van der Waals surface area contributed by atoms with Crippen molar-refractivity contribution < 1.29 is 0 Å². The van der Waals surface area contributed by atoms with E-state index in [0.717, 1.165) is 4.47 Å². The molecule has 2 aromatic carbocycles. The van der Waals surface area contributed by atoms with E-state index in [0.29, 0.717) is 0 Å². The van der Waals surface area contributed by atoms with E-state index >= 15 is 0 Å². The third-order valence-corrected chi connectivity index (χ3v) is 3.02. The van der Waals surface area contributed by atoms with E-state index in [2.05, 4.69) is 72.2 Å². The van der Waals surface area contributed by atoms with E-state index < -0.39 is 0 Å². The van der Waals surface area contributed by atoms with Crippen LogP contribution < -0.4 is 0 Å². The minimum Gasteiger partial charge on any atom is -0.0605 e. The molecule has 0 aliphatic carbocycles. The molecule has 0 heterocycles. The molecular weight excluding hydrogens is 248 g/mol. The Labute approximate surface area is 99.1 Å². The molecule has 0 aromatic heterocycles. The minimum atomic E-state index is 1.13. The number of rotatable bonds is 1. The summed E-state index contributed by atoms with van der Waals surface area (Å²) in [7, 11) is 0. The molecule has 2 aromatic rings. The van der Waals surface area contributed by atoms with Gasteiger partial charge in [-0.25, -0.2) is 0 Å². The van der Waals surface area contributed by atoms with Crippen LogP contribution in [0, 0.1) is 13.8 Å². The van der Waals surface area contributed by atoms with E-state index in [1.807, 2.05) is 0 Å². The standard InChI is InChI=1S/C14H13Br/c1-10-6-7-11(2)14(8-10)12-4-3-5-13(15)9-12/h3-9H,1-2H3. The summed E-state index contributed by atoms with van der Waals surface area (Å²) in [6.45, 7) is 4.27. The SMILES string of the molecule is Cc1ccc(C)c(-c2cccc(Br)c2)c1. The number of halogens is 1. The van der Waals surface area contributed by atoms with Crippen molar-refractivity contribution >= 4 is 15.9 Å². The summed E-state index contributed by atoms with van der Waals surface area (Å²) in [5.74, 6) is 0. The average molecular weight is 261 g/mol. The molecular formula is C14H13Br. The third kappa shape index (κ3) is 2.29. The summed E-state index contributed by atoms with van der Waals surface area (Å²) in [6.07, 6.45) is 0. The molecule has 0 radical (unpaired) electrons. The molecule has 0 bridgehead atoms. The minimum absolute atomic E-state index is 1.13. The van der Waals surface area contributed by atoms with Gasteiger partial charge in [0.2, 0.25) is 0 Å². The molecule has 0 aliphatic rings. The van der Waals surface area contributed by atoms with Gasteiger partial charge in [-0.15, -0.1) is 0 Å². The van der Waals surface area contributed by atoms with Crippen molar-refractivity contribution in [1.82, 2.24) is 0 Å². The lowest BCUT2D eigenvalue weighted by Crippen LogP contribution is -1.84. The Morgan fingerprint density at radius 1 is 0.933 bits per heavy atom. The van der Waals surface area contributed by atoms with Crippen molar-refractivity contribution in [1.29, 1.82) is 0 Å². The zero-order valence-electron chi connectivity index (χ0n) is 8.92. The van der Waals surface area contributed by atoms with Crippen molar-refractivity contribution in [3.63, 3.8) is 0 Å². The van der Waals surface area contributed by atoms with E-state index in [1.54, 1.807) is 0 Å². The summed E-state index contributed by atoms with van der Waals surface area (Å²) in [5, 5.41) is 0.